The normalized spacial score (nSPS) is 11.0. The van der Waals surface area contributed by atoms with Crippen LogP contribution in [0.15, 0.2) is 24.3 Å². The minimum Gasteiger partial charge on any atom is -0.507 e. The van der Waals surface area contributed by atoms with E-state index in [0.717, 1.165) is 35.1 Å². The van der Waals surface area contributed by atoms with Gasteiger partial charge in [0.2, 0.25) is 0 Å². The van der Waals surface area contributed by atoms with Crippen molar-refractivity contribution in [2.75, 3.05) is 14.2 Å². The fraction of sp³-hybridized carbons (Fsp3) is 0.486. The summed E-state index contributed by atoms with van der Waals surface area (Å²) in [5.41, 5.74) is 6.04. The molecule has 252 valence electrons. The second-order valence-corrected chi connectivity index (χ2v) is 11.6. The van der Waals surface area contributed by atoms with Crippen molar-refractivity contribution in [2.24, 2.45) is 0 Å². The number of phenolic OH excluding ortho intramolecular Hbond substituents is 2. The summed E-state index contributed by atoms with van der Waals surface area (Å²) in [7, 11) is 3.28. The molecule has 0 aliphatic carbocycles. The molecule has 0 aromatic heterocycles. The number of hydrogen-bond acceptors (Lipinski definition) is 10. The summed E-state index contributed by atoms with van der Waals surface area (Å²) in [5, 5.41) is 75.2. The molecule has 0 saturated heterocycles. The van der Waals surface area contributed by atoms with Crippen LogP contribution in [0.3, 0.4) is 0 Å². The average Bonchev–Trinajstić information content (AvgIpc) is 3.00. The van der Waals surface area contributed by atoms with Crippen LogP contribution in [0.1, 0.15) is 90.3 Å². The Morgan fingerprint density at radius 2 is 0.844 bits per heavy atom. The van der Waals surface area contributed by atoms with Gasteiger partial charge in [0, 0.05) is 47.6 Å². The highest BCUT2D eigenvalue weighted by Crippen LogP contribution is 2.38. The molecular weight excluding hydrogens is 580 g/mol. The number of phenols is 4. The topological polar surface area (TPSA) is 180 Å². The van der Waals surface area contributed by atoms with Crippen LogP contribution in [0.2, 0.25) is 0 Å². The van der Waals surface area contributed by atoms with Crippen molar-refractivity contribution < 1.29 is 50.3 Å². The highest BCUT2D eigenvalue weighted by atomic mass is 16.5. The minimum atomic E-state index is -0.589. The van der Waals surface area contributed by atoms with Crippen molar-refractivity contribution in [3.8, 4) is 23.0 Å². The van der Waals surface area contributed by atoms with Crippen molar-refractivity contribution >= 4 is 0 Å². The number of rotatable bonds is 10. The molecule has 10 nitrogen and oxygen atoms in total. The number of aryl methyl sites for hydroxylation is 3. The first-order valence-electron chi connectivity index (χ1n) is 14.9. The van der Waals surface area contributed by atoms with Crippen LogP contribution < -0.4 is 0 Å². The number of aliphatic hydroxyl groups excluding tert-OH is 4. The summed E-state index contributed by atoms with van der Waals surface area (Å²) in [4.78, 5) is 0. The van der Waals surface area contributed by atoms with Crippen LogP contribution >= 0.6 is 0 Å². The molecule has 0 aliphatic rings. The molecule has 45 heavy (non-hydrogen) atoms. The van der Waals surface area contributed by atoms with Gasteiger partial charge in [-0.2, -0.15) is 0 Å². The quantitative estimate of drug-likeness (QED) is 0.144. The zero-order chi connectivity index (χ0) is 34.5. The van der Waals surface area contributed by atoms with Crippen LogP contribution in [-0.2, 0) is 67.4 Å². The van der Waals surface area contributed by atoms with Gasteiger partial charge < -0.3 is 50.3 Å². The van der Waals surface area contributed by atoms with E-state index in [0.29, 0.717) is 24.7 Å². The second kappa shape index (κ2) is 18.6. The van der Waals surface area contributed by atoms with Gasteiger partial charge in [0.15, 0.2) is 0 Å². The summed E-state index contributed by atoms with van der Waals surface area (Å²) in [6.07, 6.45) is 1.69. The van der Waals surface area contributed by atoms with E-state index in [4.69, 9.17) is 29.9 Å². The molecule has 10 heteroatoms. The Labute approximate surface area is 266 Å². The number of benzene rings is 3. The molecule has 0 aliphatic heterocycles. The van der Waals surface area contributed by atoms with Gasteiger partial charge in [-0.15, -0.1) is 0 Å². The molecule has 0 spiro atoms. The van der Waals surface area contributed by atoms with Crippen LogP contribution in [0.4, 0.5) is 0 Å². The number of aromatic hydroxyl groups is 4. The van der Waals surface area contributed by atoms with Crippen LogP contribution in [0, 0.1) is 6.92 Å². The highest BCUT2D eigenvalue weighted by molar-refractivity contribution is 5.57. The standard InChI is InChI=1S/C14H22O2.C11H16O2.C10H14O6/c1-6-10-7-12(14(2,3)4)8-11(9-16-5)13(10)15;1-4-9-5-8(2)6-10(7-13-3)11(9)12;11-1-5-6(2-12)10(16)8(4-14)7(3-13)9(5)15/h7-8,15H,6,9H2,1-5H3;5-6,12H,4,7H2,1-3H3;11-16H,1-4H2. The van der Waals surface area contributed by atoms with Crippen molar-refractivity contribution in [2.45, 2.75) is 99.4 Å². The Hall–Kier alpha value is -3.38. The Morgan fingerprint density at radius 3 is 1.16 bits per heavy atom. The Balaban J connectivity index is 0.000000340. The van der Waals surface area contributed by atoms with Gasteiger partial charge in [-0.1, -0.05) is 58.4 Å². The van der Waals surface area contributed by atoms with Crippen LogP contribution in [0.25, 0.3) is 0 Å². The van der Waals surface area contributed by atoms with Gasteiger partial charge in [-0.05, 0) is 47.9 Å². The third-order valence-corrected chi connectivity index (χ3v) is 7.41. The predicted molar refractivity (Wildman–Crippen MR) is 173 cm³/mol. The molecule has 3 aromatic rings. The van der Waals surface area contributed by atoms with E-state index in [9.17, 15) is 20.4 Å². The lowest BCUT2D eigenvalue weighted by Crippen LogP contribution is -2.12. The molecule has 3 rings (SSSR count). The van der Waals surface area contributed by atoms with Gasteiger partial charge in [-0.3, -0.25) is 0 Å². The third-order valence-electron chi connectivity index (χ3n) is 7.41. The first-order valence-corrected chi connectivity index (χ1v) is 14.9. The maximum Gasteiger partial charge on any atom is 0.127 e. The Kier molecular flexibility index (Phi) is 16.3. The Bertz CT molecular complexity index is 1310. The second-order valence-electron chi connectivity index (χ2n) is 11.6. The lowest BCUT2D eigenvalue weighted by Gasteiger charge is -2.22. The summed E-state index contributed by atoms with van der Waals surface area (Å²) in [5.74, 6) is -0.0703. The molecule has 3 aromatic carbocycles. The first kappa shape index (κ1) is 39.6. The van der Waals surface area contributed by atoms with E-state index >= 15 is 0 Å². The molecule has 0 atom stereocenters. The highest BCUT2D eigenvalue weighted by Gasteiger charge is 2.22. The van der Waals surface area contributed by atoms with Crippen molar-refractivity contribution in [1.82, 2.24) is 0 Å². The Morgan fingerprint density at radius 1 is 0.533 bits per heavy atom. The number of aliphatic hydroxyl groups is 4. The molecule has 0 unspecified atom stereocenters. The average molecular weight is 633 g/mol. The number of hydrogen-bond donors (Lipinski definition) is 8. The fourth-order valence-corrected chi connectivity index (χ4v) is 4.81. The van der Waals surface area contributed by atoms with E-state index in [-0.39, 0.29) is 27.7 Å². The third kappa shape index (κ3) is 10.3. The minimum absolute atomic E-state index is 0.0544. The smallest absolute Gasteiger partial charge is 0.127 e. The summed E-state index contributed by atoms with van der Waals surface area (Å²) >= 11 is 0. The van der Waals surface area contributed by atoms with Gasteiger partial charge in [0.05, 0.1) is 39.6 Å². The lowest BCUT2D eigenvalue weighted by atomic mass is 9.84. The SMILES string of the molecule is CCc1cc(C(C)(C)C)cc(COC)c1O.CCc1cc(C)cc(COC)c1O.OCc1c(O)c(CO)c(CO)c(O)c1CO. The van der Waals surface area contributed by atoms with Gasteiger partial charge in [0.25, 0.3) is 0 Å². The van der Waals surface area contributed by atoms with E-state index < -0.39 is 37.9 Å². The molecule has 8 N–H and O–H groups in total. The molecule has 0 heterocycles. The summed E-state index contributed by atoms with van der Waals surface area (Å²) < 4.78 is 10.1. The van der Waals surface area contributed by atoms with Crippen LogP contribution in [-0.4, -0.2) is 55.1 Å². The maximum atomic E-state index is 10.0. The van der Waals surface area contributed by atoms with Crippen molar-refractivity contribution in [3.05, 3.63) is 79.9 Å². The van der Waals surface area contributed by atoms with E-state index in [1.54, 1.807) is 14.2 Å². The molecule has 0 radical (unpaired) electrons. The van der Waals surface area contributed by atoms with E-state index in [2.05, 4.69) is 33.8 Å². The summed E-state index contributed by atoms with van der Waals surface area (Å²) in [6.45, 7) is 11.2. The molecule has 0 bridgehead atoms. The van der Waals surface area contributed by atoms with Gasteiger partial charge in [-0.25, -0.2) is 0 Å². The maximum absolute atomic E-state index is 10.0. The zero-order valence-electron chi connectivity index (χ0n) is 27.9. The van der Waals surface area contributed by atoms with E-state index in [1.165, 1.54) is 11.1 Å². The largest absolute Gasteiger partial charge is 0.507 e. The lowest BCUT2D eigenvalue weighted by molar-refractivity contribution is 0.181. The molecule has 0 saturated carbocycles. The molecule has 0 amide bonds. The predicted octanol–water partition coefficient (Wildman–Crippen LogP) is 4.87. The monoisotopic (exact) mass is 632 g/mol. The van der Waals surface area contributed by atoms with E-state index in [1.807, 2.05) is 32.0 Å². The number of methoxy groups -OCH3 is 2. The molecule has 0 fully saturated rings. The summed E-state index contributed by atoms with van der Waals surface area (Å²) in [6, 6.07) is 8.10. The van der Waals surface area contributed by atoms with Crippen LogP contribution in [0.5, 0.6) is 23.0 Å². The first-order chi connectivity index (χ1) is 21.2. The van der Waals surface area contributed by atoms with Crippen molar-refractivity contribution in [3.63, 3.8) is 0 Å². The van der Waals surface area contributed by atoms with Gasteiger partial charge >= 0.3 is 0 Å². The fourth-order valence-electron chi connectivity index (χ4n) is 4.81. The zero-order valence-corrected chi connectivity index (χ0v) is 27.9. The van der Waals surface area contributed by atoms with Gasteiger partial charge in [0.1, 0.15) is 23.0 Å². The van der Waals surface area contributed by atoms with Crippen molar-refractivity contribution in [1.29, 1.82) is 0 Å². The number of ether oxygens (including phenoxy) is 2. The molecular formula is C35H52O10.